The first-order chi connectivity index (χ1) is 11.2. The second-order valence-corrected chi connectivity index (χ2v) is 6.92. The van der Waals surface area contributed by atoms with Crippen LogP contribution in [0.4, 0.5) is 0 Å². The number of rotatable bonds is 2. The van der Waals surface area contributed by atoms with Crippen LogP contribution in [-0.4, -0.2) is 30.4 Å². The predicted molar refractivity (Wildman–Crippen MR) is 91.7 cm³/mol. The molecule has 1 fully saturated rings. The number of fused-ring (bicyclic) bond motifs is 3. The monoisotopic (exact) mass is 326 g/mol. The maximum Gasteiger partial charge on any atom is 0.251 e. The molecule has 4 rings (SSSR count). The number of hydrogen-bond donors (Lipinski definition) is 1. The van der Waals surface area contributed by atoms with Crippen molar-refractivity contribution in [2.75, 3.05) is 19.6 Å². The lowest BCUT2D eigenvalue weighted by molar-refractivity contribution is 0.0951. The maximum absolute atomic E-state index is 12.3. The molecule has 0 saturated carbocycles. The van der Waals surface area contributed by atoms with Crippen LogP contribution in [0.3, 0.4) is 0 Å². The minimum absolute atomic E-state index is 0.0284. The highest BCUT2D eigenvalue weighted by Crippen LogP contribution is 2.37. The van der Waals surface area contributed by atoms with Crippen molar-refractivity contribution in [3.63, 3.8) is 0 Å². The van der Waals surface area contributed by atoms with E-state index >= 15 is 0 Å². The maximum atomic E-state index is 12.3. The minimum Gasteiger partial charge on any atom is -0.352 e. The summed E-state index contributed by atoms with van der Waals surface area (Å²) in [5.74, 6) is 0.842. The second kappa shape index (κ2) is 5.99. The molecule has 2 aliphatic rings. The van der Waals surface area contributed by atoms with Crippen molar-refractivity contribution in [1.29, 1.82) is 0 Å². The Morgan fingerprint density at radius 3 is 2.78 bits per heavy atom. The molecule has 2 heterocycles. The van der Waals surface area contributed by atoms with Gasteiger partial charge in [-0.25, -0.2) is 0 Å². The van der Waals surface area contributed by atoms with Gasteiger partial charge >= 0.3 is 0 Å². The summed E-state index contributed by atoms with van der Waals surface area (Å²) in [5, 5.41) is 3.77. The van der Waals surface area contributed by atoms with Gasteiger partial charge in [0.05, 0.1) is 0 Å². The lowest BCUT2D eigenvalue weighted by atomic mass is 9.87. The highest BCUT2D eigenvalue weighted by Gasteiger charge is 2.38. The van der Waals surface area contributed by atoms with E-state index in [1.807, 2.05) is 18.2 Å². The number of halogens is 1. The smallest absolute Gasteiger partial charge is 0.251 e. The number of likely N-dealkylation sites (tertiary alicyclic amines) is 1. The Morgan fingerprint density at radius 1 is 1.13 bits per heavy atom. The zero-order valence-electron chi connectivity index (χ0n) is 12.8. The summed E-state index contributed by atoms with van der Waals surface area (Å²) < 4.78 is 0. The fraction of sp³-hybridized carbons (Fsp3) is 0.316. The first-order valence-corrected chi connectivity index (χ1v) is 8.42. The van der Waals surface area contributed by atoms with E-state index in [0.717, 1.165) is 37.3 Å². The molecule has 0 aliphatic carbocycles. The standard InChI is InChI=1S/C19H19ClN2O/c20-15-6-7-16-17(8-15)18-12-22(10-13-4-2-1-3-5-13)11-14(18)9-21-19(16)23/h1-8,14,18H,9-12H2,(H,21,23)/t14-,18?/m0/s1. The summed E-state index contributed by atoms with van der Waals surface area (Å²) in [6.45, 7) is 3.67. The van der Waals surface area contributed by atoms with Crippen LogP contribution in [0.15, 0.2) is 48.5 Å². The van der Waals surface area contributed by atoms with Gasteiger partial charge in [-0.2, -0.15) is 0 Å². The Hall–Kier alpha value is -1.84. The predicted octanol–water partition coefficient (Wildman–Crippen LogP) is 3.30. The number of carbonyl (C=O) groups excluding carboxylic acids is 1. The van der Waals surface area contributed by atoms with Crippen LogP contribution in [0, 0.1) is 5.92 Å². The van der Waals surface area contributed by atoms with Gasteiger partial charge in [-0.05, 0) is 35.2 Å². The van der Waals surface area contributed by atoms with Gasteiger partial charge in [-0.1, -0.05) is 41.9 Å². The Morgan fingerprint density at radius 2 is 1.96 bits per heavy atom. The summed E-state index contributed by atoms with van der Waals surface area (Å²) in [6, 6.07) is 16.2. The van der Waals surface area contributed by atoms with Gasteiger partial charge in [0.1, 0.15) is 0 Å². The molecule has 1 N–H and O–H groups in total. The largest absolute Gasteiger partial charge is 0.352 e. The van der Waals surface area contributed by atoms with Crippen molar-refractivity contribution < 1.29 is 4.79 Å². The normalized spacial score (nSPS) is 23.8. The topological polar surface area (TPSA) is 32.3 Å². The molecule has 1 unspecified atom stereocenters. The second-order valence-electron chi connectivity index (χ2n) is 6.49. The molecule has 0 radical (unpaired) electrons. The van der Waals surface area contributed by atoms with Gasteiger partial charge in [-0.3, -0.25) is 9.69 Å². The Balaban J connectivity index is 1.61. The van der Waals surface area contributed by atoms with E-state index in [0.29, 0.717) is 16.9 Å². The molecular weight excluding hydrogens is 308 g/mol. The lowest BCUT2D eigenvalue weighted by Crippen LogP contribution is -2.29. The van der Waals surface area contributed by atoms with E-state index in [4.69, 9.17) is 11.6 Å². The van der Waals surface area contributed by atoms with Crippen LogP contribution in [0.1, 0.15) is 27.4 Å². The Labute approximate surface area is 141 Å². The van der Waals surface area contributed by atoms with E-state index in [9.17, 15) is 4.79 Å². The molecule has 4 heteroatoms. The number of carbonyl (C=O) groups is 1. The van der Waals surface area contributed by atoms with Crippen LogP contribution in [0.5, 0.6) is 0 Å². The lowest BCUT2D eigenvalue weighted by Gasteiger charge is -2.17. The van der Waals surface area contributed by atoms with Gasteiger partial charge in [0.15, 0.2) is 0 Å². The molecule has 3 nitrogen and oxygen atoms in total. The van der Waals surface area contributed by atoms with E-state index in [-0.39, 0.29) is 5.91 Å². The quantitative estimate of drug-likeness (QED) is 0.918. The van der Waals surface area contributed by atoms with E-state index in [1.54, 1.807) is 6.07 Å². The molecular formula is C19H19ClN2O. The third-order valence-electron chi connectivity index (χ3n) is 4.95. The molecule has 1 amide bonds. The molecule has 1 saturated heterocycles. The highest BCUT2D eigenvalue weighted by molar-refractivity contribution is 6.30. The van der Waals surface area contributed by atoms with E-state index in [1.165, 1.54) is 5.56 Å². The summed E-state index contributed by atoms with van der Waals surface area (Å²) in [5.41, 5.74) is 3.22. The summed E-state index contributed by atoms with van der Waals surface area (Å²) in [6.07, 6.45) is 0. The first kappa shape index (κ1) is 14.7. The Kier molecular flexibility index (Phi) is 3.83. The average molecular weight is 327 g/mol. The van der Waals surface area contributed by atoms with Gasteiger partial charge < -0.3 is 5.32 Å². The van der Waals surface area contributed by atoms with Crippen LogP contribution in [-0.2, 0) is 6.54 Å². The van der Waals surface area contributed by atoms with Crippen molar-refractivity contribution >= 4 is 17.5 Å². The molecule has 2 aromatic rings. The SMILES string of the molecule is O=C1NC[C@H]2CN(Cc3ccccc3)CC2c2cc(Cl)ccc21. The molecule has 2 aromatic carbocycles. The molecule has 2 aliphatic heterocycles. The van der Waals surface area contributed by atoms with Gasteiger partial charge in [0, 0.05) is 42.7 Å². The van der Waals surface area contributed by atoms with Crippen molar-refractivity contribution in [1.82, 2.24) is 10.2 Å². The van der Waals surface area contributed by atoms with Crippen molar-refractivity contribution in [2.24, 2.45) is 5.92 Å². The number of nitrogens with one attached hydrogen (secondary N) is 1. The fourth-order valence-corrected chi connectivity index (χ4v) is 4.04. The molecule has 0 bridgehead atoms. The third kappa shape index (κ3) is 2.87. The van der Waals surface area contributed by atoms with Crippen LogP contribution >= 0.6 is 11.6 Å². The molecule has 118 valence electrons. The van der Waals surface area contributed by atoms with Crippen LogP contribution in [0.2, 0.25) is 5.02 Å². The Bertz CT molecular complexity index is 731. The zero-order chi connectivity index (χ0) is 15.8. The number of hydrogen-bond acceptors (Lipinski definition) is 2. The number of amides is 1. The number of nitrogens with zero attached hydrogens (tertiary/aromatic N) is 1. The highest BCUT2D eigenvalue weighted by atomic mass is 35.5. The minimum atomic E-state index is 0.0284. The van der Waals surface area contributed by atoms with Crippen LogP contribution in [0.25, 0.3) is 0 Å². The molecule has 2 atom stereocenters. The van der Waals surface area contributed by atoms with Crippen molar-refractivity contribution in [3.05, 3.63) is 70.2 Å². The summed E-state index contributed by atoms with van der Waals surface area (Å²) in [7, 11) is 0. The first-order valence-electron chi connectivity index (χ1n) is 8.04. The average Bonchev–Trinajstić information content (AvgIpc) is 2.91. The molecule has 23 heavy (non-hydrogen) atoms. The van der Waals surface area contributed by atoms with Gasteiger partial charge in [0.25, 0.3) is 5.91 Å². The van der Waals surface area contributed by atoms with Crippen molar-refractivity contribution in [3.8, 4) is 0 Å². The van der Waals surface area contributed by atoms with Crippen molar-refractivity contribution in [2.45, 2.75) is 12.5 Å². The summed E-state index contributed by atoms with van der Waals surface area (Å²) >= 11 is 6.19. The van der Waals surface area contributed by atoms with Gasteiger partial charge in [0.2, 0.25) is 0 Å². The van der Waals surface area contributed by atoms with E-state index in [2.05, 4.69) is 34.5 Å². The molecule has 0 aromatic heterocycles. The number of benzene rings is 2. The fourth-order valence-electron chi connectivity index (χ4n) is 3.86. The third-order valence-corrected chi connectivity index (χ3v) is 5.18. The van der Waals surface area contributed by atoms with E-state index < -0.39 is 0 Å². The molecule has 0 spiro atoms. The van der Waals surface area contributed by atoms with Gasteiger partial charge in [-0.15, -0.1) is 0 Å². The summed E-state index contributed by atoms with van der Waals surface area (Å²) in [4.78, 5) is 14.7. The van der Waals surface area contributed by atoms with Crippen LogP contribution < -0.4 is 5.32 Å². The zero-order valence-corrected chi connectivity index (χ0v) is 13.6.